The highest BCUT2D eigenvalue weighted by Gasteiger charge is 2.54. The maximum Gasteiger partial charge on any atom is 0.329 e. The van der Waals surface area contributed by atoms with E-state index in [0.29, 0.717) is 86.5 Å². The molecular formula is C55H64ClN5O6. The van der Waals surface area contributed by atoms with Crippen molar-refractivity contribution in [3.63, 3.8) is 0 Å². The third kappa shape index (κ3) is 11.1. The summed E-state index contributed by atoms with van der Waals surface area (Å²) in [5, 5.41) is 20.4. The molecule has 1 spiro atoms. The van der Waals surface area contributed by atoms with Crippen LogP contribution >= 0.6 is 11.6 Å². The molecule has 0 unspecified atom stereocenters. The zero-order valence-electron chi connectivity index (χ0n) is 39.0. The second kappa shape index (κ2) is 21.3. The zero-order chi connectivity index (χ0) is 47.0. The normalized spacial score (nSPS) is 21.1. The number of rotatable bonds is 19. The van der Waals surface area contributed by atoms with E-state index in [0.717, 1.165) is 67.6 Å². The Hall–Kier alpha value is -5.94. The van der Waals surface area contributed by atoms with Gasteiger partial charge in [-0.15, -0.1) is 0 Å². The molecule has 67 heavy (non-hydrogen) atoms. The third-order valence-electron chi connectivity index (χ3n) is 14.5. The van der Waals surface area contributed by atoms with Crippen LogP contribution in [0, 0.1) is 11.8 Å². The molecule has 8 rings (SSSR count). The largest absolute Gasteiger partial charge is 0.494 e. The molecule has 2 amide bonds. The highest BCUT2D eigenvalue weighted by atomic mass is 35.5. The van der Waals surface area contributed by atoms with E-state index < -0.39 is 11.5 Å². The minimum atomic E-state index is -1.11. The smallest absolute Gasteiger partial charge is 0.329 e. The Bertz CT molecular complexity index is 2540. The summed E-state index contributed by atoms with van der Waals surface area (Å²) in [7, 11) is 1.59. The van der Waals surface area contributed by atoms with Crippen LogP contribution in [-0.4, -0.2) is 65.2 Å². The van der Waals surface area contributed by atoms with Crippen LogP contribution in [-0.2, 0) is 34.3 Å². The quantitative estimate of drug-likeness (QED) is 0.0593. The molecule has 12 heteroatoms. The van der Waals surface area contributed by atoms with Gasteiger partial charge in [0.2, 0.25) is 5.91 Å². The highest BCUT2D eigenvalue weighted by molar-refractivity contribution is 6.30. The molecule has 1 fully saturated rings. The number of pyridine rings is 2. The number of aryl methyl sites for hydroxylation is 2. The molecule has 3 atom stereocenters. The second-order valence-corrected chi connectivity index (χ2v) is 19.6. The van der Waals surface area contributed by atoms with Crippen LogP contribution in [0.3, 0.4) is 0 Å². The highest BCUT2D eigenvalue weighted by Crippen LogP contribution is 2.57. The molecule has 0 radical (unpaired) electrons. The third-order valence-corrected chi connectivity index (χ3v) is 14.8. The molecule has 3 aliphatic rings. The number of halogens is 1. The first-order valence-corrected chi connectivity index (χ1v) is 24.5. The van der Waals surface area contributed by atoms with Gasteiger partial charge in [0.25, 0.3) is 5.91 Å². The summed E-state index contributed by atoms with van der Waals surface area (Å²) in [5.74, 6) is 1.69. The molecule has 1 saturated carbocycles. The standard InChI is InChI=1S/C55H64ClN5O6/c1-36(35-67-49-21-27-58-47-15-4-9-37(2)51(47)49)29-42-31-40-17-19-45(33-46(40)54(42)22-24-55(25-23-54,53(64)65)61-44-14-6-13-43(56)32-44)66-28-8-16-50(62)59-26-7-11-38-10-5-12-39(30-38)41-18-20-48(60-34-41)52(63)57-3/h5-6,10,12-14,17-21,27,30,32-34,36-37,42,61H,4,7-9,11,15-16,22-26,28-29,31,35H2,1-3H3,(H,57,63)(H,59,62)(H,64,65)/t36-,37-,42+,54?,55?/m1/s1. The number of anilines is 1. The second-order valence-electron chi connectivity index (χ2n) is 19.1. The Morgan fingerprint density at radius 3 is 2.54 bits per heavy atom. The van der Waals surface area contributed by atoms with Crippen molar-refractivity contribution in [2.45, 2.75) is 114 Å². The summed E-state index contributed by atoms with van der Waals surface area (Å²) in [6.07, 6.45) is 13.7. The van der Waals surface area contributed by atoms with E-state index in [1.807, 2.05) is 48.7 Å². The van der Waals surface area contributed by atoms with Gasteiger partial charge in [0, 0.05) is 59.9 Å². The molecule has 11 nitrogen and oxygen atoms in total. The maximum absolute atomic E-state index is 13.1. The monoisotopic (exact) mass is 925 g/mol. The summed E-state index contributed by atoms with van der Waals surface area (Å²) < 4.78 is 13.0. The van der Waals surface area contributed by atoms with Gasteiger partial charge in [-0.2, -0.15) is 0 Å². The molecule has 3 aromatic carbocycles. The number of ether oxygens (including phenoxy) is 2. The molecule has 2 heterocycles. The number of carboxylic acid groups (broad SMARTS) is 1. The molecule has 5 aromatic rings. The van der Waals surface area contributed by atoms with Gasteiger partial charge in [0.15, 0.2) is 0 Å². The van der Waals surface area contributed by atoms with Crippen molar-refractivity contribution >= 4 is 35.1 Å². The van der Waals surface area contributed by atoms with Crippen LogP contribution in [0.25, 0.3) is 11.1 Å². The zero-order valence-corrected chi connectivity index (χ0v) is 39.8. The van der Waals surface area contributed by atoms with Gasteiger partial charge in [-0.25, -0.2) is 4.79 Å². The van der Waals surface area contributed by atoms with Gasteiger partial charge in [0.05, 0.1) is 13.2 Å². The number of nitrogens with one attached hydrogen (secondary N) is 3. The number of benzene rings is 3. The maximum atomic E-state index is 13.1. The number of hydrogen-bond acceptors (Lipinski definition) is 8. The Balaban J connectivity index is 0.871. The van der Waals surface area contributed by atoms with E-state index in [1.54, 1.807) is 31.4 Å². The van der Waals surface area contributed by atoms with Crippen LogP contribution in [0.4, 0.5) is 5.69 Å². The van der Waals surface area contributed by atoms with Crippen molar-refractivity contribution in [3.8, 4) is 22.6 Å². The van der Waals surface area contributed by atoms with Crippen molar-refractivity contribution in [1.82, 2.24) is 20.6 Å². The first-order valence-electron chi connectivity index (χ1n) is 24.1. The summed E-state index contributed by atoms with van der Waals surface area (Å²) in [4.78, 5) is 46.8. The van der Waals surface area contributed by atoms with Gasteiger partial charge in [-0.05, 0) is 165 Å². The predicted molar refractivity (Wildman–Crippen MR) is 263 cm³/mol. The molecule has 0 aliphatic heterocycles. The van der Waals surface area contributed by atoms with E-state index in [2.05, 4.69) is 64.0 Å². The van der Waals surface area contributed by atoms with Gasteiger partial charge in [-0.3, -0.25) is 19.6 Å². The Morgan fingerprint density at radius 2 is 1.76 bits per heavy atom. The lowest BCUT2D eigenvalue weighted by atomic mass is 9.59. The molecule has 352 valence electrons. The Labute approximate surface area is 399 Å². The van der Waals surface area contributed by atoms with E-state index in [4.69, 9.17) is 21.1 Å². The first kappa shape index (κ1) is 47.5. The lowest BCUT2D eigenvalue weighted by molar-refractivity contribution is -0.144. The van der Waals surface area contributed by atoms with Crippen molar-refractivity contribution in [3.05, 3.63) is 136 Å². The number of carboxylic acids is 1. The Morgan fingerprint density at radius 1 is 0.925 bits per heavy atom. The Kier molecular flexibility index (Phi) is 15.2. The summed E-state index contributed by atoms with van der Waals surface area (Å²) >= 11 is 6.33. The van der Waals surface area contributed by atoms with Gasteiger partial charge < -0.3 is 30.5 Å². The average Bonchev–Trinajstić information content (AvgIpc) is 3.62. The molecular weight excluding hydrogens is 862 g/mol. The minimum Gasteiger partial charge on any atom is -0.494 e. The number of amides is 2. The lowest BCUT2D eigenvalue weighted by Crippen LogP contribution is -2.53. The fourth-order valence-electron chi connectivity index (χ4n) is 10.9. The molecule has 3 aliphatic carbocycles. The van der Waals surface area contributed by atoms with E-state index in [9.17, 15) is 19.5 Å². The van der Waals surface area contributed by atoms with Crippen molar-refractivity contribution in [2.75, 3.05) is 32.1 Å². The van der Waals surface area contributed by atoms with E-state index in [-0.39, 0.29) is 23.1 Å². The van der Waals surface area contributed by atoms with Gasteiger partial charge >= 0.3 is 5.97 Å². The summed E-state index contributed by atoms with van der Waals surface area (Å²) in [6.45, 7) is 6.14. The SMILES string of the molecule is CNC(=O)c1ccc(-c2cccc(CCCNC(=O)CCCOc3ccc4c(c3)C3(CCC(Nc5cccc(Cl)c5)(C(=O)O)CC3)[C@@H](C[C@@H](C)COc3ccnc5c3[C@H](C)CCC5)C4)c2)cn1. The minimum absolute atomic E-state index is 0.00214. The van der Waals surface area contributed by atoms with E-state index >= 15 is 0 Å². The predicted octanol–water partition coefficient (Wildman–Crippen LogP) is 10.5. The van der Waals surface area contributed by atoms with Crippen LogP contribution in [0.2, 0.25) is 5.02 Å². The van der Waals surface area contributed by atoms with Crippen LogP contribution in [0.15, 0.2) is 97.3 Å². The number of hydrogen-bond donors (Lipinski definition) is 4. The average molecular weight is 927 g/mol. The van der Waals surface area contributed by atoms with Gasteiger partial charge in [0.1, 0.15) is 22.7 Å². The van der Waals surface area contributed by atoms with Crippen molar-refractivity contribution in [1.29, 1.82) is 0 Å². The number of aliphatic carboxylic acids is 1. The molecule has 0 saturated heterocycles. The topological polar surface area (TPSA) is 152 Å². The number of carbonyl (C=O) groups excluding carboxylic acids is 2. The summed E-state index contributed by atoms with van der Waals surface area (Å²) in [6, 6.07) is 27.6. The van der Waals surface area contributed by atoms with Gasteiger partial charge in [-0.1, -0.05) is 67.9 Å². The van der Waals surface area contributed by atoms with Crippen LogP contribution < -0.4 is 25.4 Å². The summed E-state index contributed by atoms with van der Waals surface area (Å²) in [5.41, 5.74) is 7.88. The fourth-order valence-corrected chi connectivity index (χ4v) is 11.1. The van der Waals surface area contributed by atoms with Crippen LogP contribution in [0.5, 0.6) is 11.5 Å². The molecule has 4 N–H and O–H groups in total. The fraction of sp³-hybridized carbons (Fsp3) is 0.436. The lowest BCUT2D eigenvalue weighted by Gasteiger charge is -2.47. The number of carbonyl (C=O) groups is 3. The van der Waals surface area contributed by atoms with Crippen molar-refractivity contribution in [2.24, 2.45) is 11.8 Å². The van der Waals surface area contributed by atoms with E-state index in [1.165, 1.54) is 27.9 Å². The number of fused-ring (bicyclic) bond motifs is 3. The van der Waals surface area contributed by atoms with Crippen LogP contribution in [0.1, 0.15) is 122 Å². The van der Waals surface area contributed by atoms with Crippen molar-refractivity contribution < 1.29 is 29.0 Å². The molecule has 0 bridgehead atoms. The first-order chi connectivity index (χ1) is 32.4. The number of aromatic nitrogens is 2. The molecule has 2 aromatic heterocycles. The number of nitrogens with zero attached hydrogens (tertiary/aromatic N) is 2.